The maximum absolute atomic E-state index is 12.8. The minimum absolute atomic E-state index is 0.0521. The molecule has 3 aromatic rings. The van der Waals surface area contributed by atoms with Gasteiger partial charge in [0.2, 0.25) is 0 Å². The molecule has 0 aliphatic heterocycles. The number of halogens is 2. The van der Waals surface area contributed by atoms with Crippen molar-refractivity contribution in [1.29, 1.82) is 0 Å². The number of hydrazone groups is 1. The van der Waals surface area contributed by atoms with Crippen LogP contribution in [0.15, 0.2) is 58.0 Å². The quantitative estimate of drug-likeness (QED) is 0.166. The number of carbonyl (C=O) groups excluding carboxylic acids is 2. The predicted molar refractivity (Wildman–Crippen MR) is 149 cm³/mol. The molecule has 0 fully saturated rings. The van der Waals surface area contributed by atoms with E-state index in [1.165, 1.54) is 24.4 Å². The molecule has 39 heavy (non-hydrogen) atoms. The molecule has 2 amide bonds. The van der Waals surface area contributed by atoms with Gasteiger partial charge in [-0.05, 0) is 62.1 Å². The first-order valence-electron chi connectivity index (χ1n) is 12.0. The van der Waals surface area contributed by atoms with Gasteiger partial charge in [-0.15, -0.1) is 0 Å². The lowest BCUT2D eigenvalue weighted by molar-refractivity contribution is -0.384. The molecule has 1 aromatic heterocycles. The predicted octanol–water partition coefficient (Wildman–Crippen LogP) is 5.92. The first-order valence-corrected chi connectivity index (χ1v) is 12.8. The highest BCUT2D eigenvalue weighted by Gasteiger charge is 2.25. The van der Waals surface area contributed by atoms with Gasteiger partial charge in [-0.1, -0.05) is 43.1 Å². The third-order valence-electron chi connectivity index (χ3n) is 5.60. The highest BCUT2D eigenvalue weighted by Crippen LogP contribution is 2.29. The molecule has 2 aromatic carbocycles. The number of nitrogens with zero attached hydrogens (tertiary/aromatic N) is 2. The lowest BCUT2D eigenvalue weighted by Gasteiger charge is -2.22. The van der Waals surface area contributed by atoms with Crippen LogP contribution in [0.1, 0.15) is 38.5 Å². The zero-order valence-corrected chi connectivity index (χ0v) is 23.2. The number of ether oxygens (including phenoxy) is 1. The first kappa shape index (κ1) is 29.7. The Morgan fingerprint density at radius 1 is 1.10 bits per heavy atom. The Labute approximate surface area is 235 Å². The lowest BCUT2D eigenvalue weighted by atomic mass is 10.0. The average Bonchev–Trinajstić information content (AvgIpc) is 3.33. The van der Waals surface area contributed by atoms with Crippen molar-refractivity contribution in [3.63, 3.8) is 0 Å². The number of hydrogen-bond acceptors (Lipinski definition) is 7. The van der Waals surface area contributed by atoms with Crippen LogP contribution >= 0.6 is 23.2 Å². The summed E-state index contributed by atoms with van der Waals surface area (Å²) in [5.74, 6) is 0.0976. The van der Waals surface area contributed by atoms with Crippen LogP contribution in [-0.2, 0) is 9.59 Å². The molecule has 3 rings (SSSR count). The number of aryl methyl sites for hydroxylation is 1. The van der Waals surface area contributed by atoms with Gasteiger partial charge in [0.25, 0.3) is 17.5 Å². The third kappa shape index (κ3) is 8.30. The van der Waals surface area contributed by atoms with Crippen LogP contribution in [0.4, 0.5) is 5.69 Å². The zero-order chi connectivity index (χ0) is 28.7. The molecule has 206 valence electrons. The van der Waals surface area contributed by atoms with Gasteiger partial charge in [-0.25, -0.2) is 5.43 Å². The van der Waals surface area contributed by atoms with Gasteiger partial charge in [-0.3, -0.25) is 19.7 Å². The van der Waals surface area contributed by atoms with E-state index >= 15 is 0 Å². The second kappa shape index (κ2) is 13.3. The molecule has 12 heteroatoms. The number of furan rings is 1. The number of nitro groups is 1. The molecule has 0 bridgehead atoms. The minimum Gasteiger partial charge on any atom is -0.479 e. The Kier molecular flexibility index (Phi) is 10.1. The van der Waals surface area contributed by atoms with Gasteiger partial charge in [0.1, 0.15) is 23.3 Å². The number of hydrogen-bond donors (Lipinski definition) is 2. The van der Waals surface area contributed by atoms with Crippen molar-refractivity contribution in [3.05, 3.63) is 80.0 Å². The molecule has 2 atom stereocenters. The average molecular weight is 575 g/mol. The molecular formula is C27H28Cl2N4O6. The number of carbonyl (C=O) groups is 2. The summed E-state index contributed by atoms with van der Waals surface area (Å²) in [7, 11) is 0. The SMILES string of the molecule is Cc1ccc([N+](=O)[O-])cc1-c1ccc(/C=N\NC(=O)[C@@H](CC(C)C)NC(=O)[C@H](C)Oc2ccc(Cl)cc2Cl)o1. The molecule has 0 radical (unpaired) electrons. The Hall–Kier alpha value is -3.89. The Balaban J connectivity index is 1.64. The van der Waals surface area contributed by atoms with Crippen molar-refractivity contribution in [2.24, 2.45) is 11.0 Å². The number of non-ortho nitro benzene ring substituents is 1. The van der Waals surface area contributed by atoms with Crippen molar-refractivity contribution < 1.29 is 23.7 Å². The summed E-state index contributed by atoms with van der Waals surface area (Å²) in [6.07, 6.45) is 0.725. The van der Waals surface area contributed by atoms with Crippen LogP contribution < -0.4 is 15.5 Å². The summed E-state index contributed by atoms with van der Waals surface area (Å²) in [5.41, 5.74) is 3.74. The van der Waals surface area contributed by atoms with E-state index in [1.54, 1.807) is 37.3 Å². The molecule has 0 saturated carbocycles. The molecule has 2 N–H and O–H groups in total. The molecule has 0 aliphatic rings. The standard InChI is InChI=1S/C27H28Cl2N4O6/c1-15(2)11-23(31-26(34)17(4)38-25-9-6-18(28)12-22(25)29)27(35)32-30-14-20-8-10-24(39-20)21-13-19(33(36)37)7-5-16(21)3/h5-10,12-15,17,23H,11H2,1-4H3,(H,31,34)(H,32,35)/b30-14-/t17-,23+/m0/s1. The van der Waals surface area contributed by atoms with Crippen LogP contribution in [0.5, 0.6) is 5.75 Å². The van der Waals surface area contributed by atoms with Crippen molar-refractivity contribution >= 4 is 46.9 Å². The van der Waals surface area contributed by atoms with Gasteiger partial charge in [0.05, 0.1) is 16.2 Å². The van der Waals surface area contributed by atoms with Gasteiger partial charge in [-0.2, -0.15) is 5.10 Å². The highest BCUT2D eigenvalue weighted by molar-refractivity contribution is 6.35. The van der Waals surface area contributed by atoms with Crippen LogP contribution in [0.2, 0.25) is 10.0 Å². The van der Waals surface area contributed by atoms with E-state index in [4.69, 9.17) is 32.4 Å². The van der Waals surface area contributed by atoms with Crippen LogP contribution in [-0.4, -0.2) is 35.1 Å². The Morgan fingerprint density at radius 2 is 1.85 bits per heavy atom. The fourth-order valence-electron chi connectivity index (χ4n) is 3.60. The summed E-state index contributed by atoms with van der Waals surface area (Å²) in [4.78, 5) is 36.2. The normalized spacial score (nSPS) is 12.8. The van der Waals surface area contributed by atoms with Crippen molar-refractivity contribution in [2.45, 2.75) is 46.3 Å². The van der Waals surface area contributed by atoms with E-state index < -0.39 is 28.9 Å². The van der Waals surface area contributed by atoms with Crippen LogP contribution in [0, 0.1) is 23.0 Å². The van der Waals surface area contributed by atoms with Gasteiger partial charge in [0, 0.05) is 22.7 Å². The third-order valence-corrected chi connectivity index (χ3v) is 6.13. The number of amides is 2. The number of benzene rings is 2. The van der Waals surface area contributed by atoms with Crippen LogP contribution in [0.25, 0.3) is 11.3 Å². The second-order valence-electron chi connectivity index (χ2n) is 9.22. The number of nitro benzene ring substituents is 1. The zero-order valence-electron chi connectivity index (χ0n) is 21.7. The smallest absolute Gasteiger partial charge is 0.270 e. The molecule has 10 nitrogen and oxygen atoms in total. The highest BCUT2D eigenvalue weighted by atomic mass is 35.5. The monoisotopic (exact) mass is 574 g/mol. The molecule has 0 aliphatic carbocycles. The van der Waals surface area contributed by atoms with E-state index in [1.807, 2.05) is 20.8 Å². The van der Waals surface area contributed by atoms with Crippen molar-refractivity contribution in [2.75, 3.05) is 0 Å². The van der Waals surface area contributed by atoms with Gasteiger partial charge < -0.3 is 14.5 Å². The van der Waals surface area contributed by atoms with Gasteiger partial charge >= 0.3 is 0 Å². The van der Waals surface area contributed by atoms with E-state index in [2.05, 4.69) is 15.8 Å². The van der Waals surface area contributed by atoms with E-state index in [-0.39, 0.29) is 22.4 Å². The summed E-state index contributed by atoms with van der Waals surface area (Å²) in [6, 6.07) is 11.6. The molecule has 1 heterocycles. The fraction of sp³-hybridized carbons (Fsp3) is 0.296. The topological polar surface area (TPSA) is 136 Å². The number of nitrogens with one attached hydrogen (secondary N) is 2. The lowest BCUT2D eigenvalue weighted by Crippen LogP contribution is -2.49. The Bertz CT molecular complexity index is 1390. The van der Waals surface area contributed by atoms with E-state index in [0.717, 1.165) is 5.56 Å². The van der Waals surface area contributed by atoms with Gasteiger partial charge in [0.15, 0.2) is 6.10 Å². The molecule has 0 saturated heterocycles. The molecule has 0 spiro atoms. The largest absolute Gasteiger partial charge is 0.479 e. The summed E-state index contributed by atoms with van der Waals surface area (Å²) >= 11 is 12.0. The van der Waals surface area contributed by atoms with E-state index in [0.29, 0.717) is 28.5 Å². The van der Waals surface area contributed by atoms with Crippen molar-refractivity contribution in [1.82, 2.24) is 10.7 Å². The fourth-order valence-corrected chi connectivity index (χ4v) is 4.05. The van der Waals surface area contributed by atoms with Crippen LogP contribution in [0.3, 0.4) is 0 Å². The van der Waals surface area contributed by atoms with Crippen molar-refractivity contribution in [3.8, 4) is 17.1 Å². The summed E-state index contributed by atoms with van der Waals surface area (Å²) in [5, 5.41) is 18.4. The first-order chi connectivity index (χ1) is 18.4. The maximum atomic E-state index is 12.8. The second-order valence-corrected chi connectivity index (χ2v) is 10.1. The number of rotatable bonds is 11. The summed E-state index contributed by atoms with van der Waals surface area (Å²) in [6.45, 7) is 7.20. The van der Waals surface area contributed by atoms with E-state index in [9.17, 15) is 19.7 Å². The maximum Gasteiger partial charge on any atom is 0.270 e. The molecule has 0 unspecified atom stereocenters. The summed E-state index contributed by atoms with van der Waals surface area (Å²) < 4.78 is 11.4. The minimum atomic E-state index is -0.937. The molecular weight excluding hydrogens is 547 g/mol. The Morgan fingerprint density at radius 3 is 2.51 bits per heavy atom.